The lowest BCUT2D eigenvalue weighted by molar-refractivity contribution is 0.328. The molecule has 3 nitrogen and oxygen atoms in total. The lowest BCUT2D eigenvalue weighted by atomic mass is 10.2. The molecule has 0 heterocycles. The van der Waals surface area contributed by atoms with Gasteiger partial charge in [0.25, 0.3) is 0 Å². The van der Waals surface area contributed by atoms with Crippen LogP contribution < -0.4 is 10.7 Å². The monoisotopic (exact) mass is 209 g/mol. The molecule has 76 valence electrons. The summed E-state index contributed by atoms with van der Waals surface area (Å²) in [6.45, 7) is 0.761. The van der Waals surface area contributed by atoms with Gasteiger partial charge in [0.2, 0.25) is 0 Å². The number of hydrogen-bond donors (Lipinski definition) is 2. The van der Waals surface area contributed by atoms with Gasteiger partial charge < -0.3 is 5.32 Å². The first-order valence-electron chi connectivity index (χ1n) is 4.48. The number of nitrogens with zero attached hydrogens (tertiary/aromatic N) is 1. The van der Waals surface area contributed by atoms with E-state index in [-0.39, 0.29) is 0 Å². The van der Waals surface area contributed by atoms with Gasteiger partial charge in [-0.15, -0.1) is 0 Å². The first-order chi connectivity index (χ1) is 6.77. The molecule has 1 aromatic carbocycles. The summed E-state index contributed by atoms with van der Waals surface area (Å²) in [6.07, 6.45) is 0. The van der Waals surface area contributed by atoms with Crippen molar-refractivity contribution in [2.45, 2.75) is 6.54 Å². The van der Waals surface area contributed by atoms with E-state index in [2.05, 4.69) is 22.9 Å². The van der Waals surface area contributed by atoms with Crippen LogP contribution in [0.3, 0.4) is 0 Å². The van der Waals surface area contributed by atoms with Crippen LogP contribution in [-0.4, -0.2) is 24.2 Å². The number of hydrazine groups is 1. The van der Waals surface area contributed by atoms with Crippen LogP contribution in [-0.2, 0) is 6.54 Å². The van der Waals surface area contributed by atoms with E-state index in [9.17, 15) is 0 Å². The van der Waals surface area contributed by atoms with Crippen LogP contribution in [0.5, 0.6) is 0 Å². The Balaban J connectivity index is 2.62. The fourth-order valence-electron chi connectivity index (χ4n) is 1.15. The van der Waals surface area contributed by atoms with Gasteiger partial charge in [-0.3, -0.25) is 5.01 Å². The molecule has 14 heavy (non-hydrogen) atoms. The first kappa shape index (κ1) is 10.9. The highest BCUT2D eigenvalue weighted by Crippen LogP contribution is 2.02. The molecule has 0 amide bonds. The second-order valence-electron chi connectivity index (χ2n) is 2.85. The van der Waals surface area contributed by atoms with Crippen molar-refractivity contribution < 1.29 is 0 Å². The van der Waals surface area contributed by atoms with E-state index < -0.39 is 0 Å². The summed E-state index contributed by atoms with van der Waals surface area (Å²) < 4.78 is 0. The van der Waals surface area contributed by atoms with Crippen LogP contribution in [0.1, 0.15) is 5.56 Å². The minimum atomic E-state index is 0.691. The zero-order valence-corrected chi connectivity index (χ0v) is 9.27. The van der Waals surface area contributed by atoms with Crippen molar-refractivity contribution in [1.82, 2.24) is 15.8 Å². The summed E-state index contributed by atoms with van der Waals surface area (Å²) in [5.74, 6) is 0. The second-order valence-corrected chi connectivity index (χ2v) is 3.24. The Labute approximate surface area is 90.1 Å². The molecule has 0 saturated carbocycles. The molecule has 1 rings (SSSR count). The lowest BCUT2D eigenvalue weighted by Crippen LogP contribution is -2.44. The molecule has 1 aromatic rings. The van der Waals surface area contributed by atoms with Crippen LogP contribution in [0.15, 0.2) is 30.3 Å². The average Bonchev–Trinajstić information content (AvgIpc) is 2.26. The third-order valence-corrected chi connectivity index (χ3v) is 2.34. The van der Waals surface area contributed by atoms with Gasteiger partial charge in [-0.25, -0.2) is 5.43 Å². The molecule has 0 aliphatic heterocycles. The molecule has 0 atom stereocenters. The molecular formula is C10H15N3S. The maximum atomic E-state index is 5.13. The van der Waals surface area contributed by atoms with Crippen molar-refractivity contribution in [2.24, 2.45) is 0 Å². The smallest absolute Gasteiger partial charge is 0.183 e. The molecule has 0 aromatic heterocycles. The Hall–Kier alpha value is -1.13. The van der Waals surface area contributed by atoms with Crippen LogP contribution in [0.4, 0.5) is 0 Å². The SMILES string of the molecule is CNC(=S)N(Cc1ccccc1)NC. The molecule has 0 bridgehead atoms. The molecule has 0 aliphatic rings. The third-order valence-electron chi connectivity index (χ3n) is 1.91. The zero-order chi connectivity index (χ0) is 10.4. The molecular weight excluding hydrogens is 194 g/mol. The van der Waals surface area contributed by atoms with Crippen molar-refractivity contribution in [1.29, 1.82) is 0 Å². The molecule has 4 heteroatoms. The molecule has 0 unspecified atom stereocenters. The van der Waals surface area contributed by atoms with E-state index in [1.165, 1.54) is 5.56 Å². The summed E-state index contributed by atoms with van der Waals surface area (Å²) in [7, 11) is 3.67. The summed E-state index contributed by atoms with van der Waals surface area (Å²) >= 11 is 5.13. The molecule has 0 saturated heterocycles. The zero-order valence-electron chi connectivity index (χ0n) is 8.45. The van der Waals surface area contributed by atoms with Gasteiger partial charge in [0.15, 0.2) is 5.11 Å². The average molecular weight is 209 g/mol. The Bertz CT molecular complexity index is 287. The first-order valence-corrected chi connectivity index (χ1v) is 4.89. The fraction of sp³-hybridized carbons (Fsp3) is 0.300. The lowest BCUT2D eigenvalue weighted by Gasteiger charge is -2.23. The topological polar surface area (TPSA) is 27.3 Å². The van der Waals surface area contributed by atoms with Gasteiger partial charge in [0.1, 0.15) is 0 Å². The molecule has 0 radical (unpaired) electrons. The van der Waals surface area contributed by atoms with Crippen LogP contribution in [0.25, 0.3) is 0 Å². The van der Waals surface area contributed by atoms with Crippen molar-refractivity contribution in [3.63, 3.8) is 0 Å². The predicted molar refractivity (Wildman–Crippen MR) is 62.7 cm³/mol. The fourth-order valence-corrected chi connectivity index (χ4v) is 1.31. The highest BCUT2D eigenvalue weighted by molar-refractivity contribution is 7.80. The Kier molecular flexibility index (Phi) is 4.35. The molecule has 0 aliphatic carbocycles. The number of thiocarbonyl (C=S) groups is 1. The summed E-state index contributed by atoms with van der Waals surface area (Å²) in [5.41, 5.74) is 4.25. The van der Waals surface area contributed by atoms with Crippen molar-refractivity contribution in [3.8, 4) is 0 Å². The molecule has 0 fully saturated rings. The Morgan fingerprint density at radius 1 is 1.29 bits per heavy atom. The van der Waals surface area contributed by atoms with Crippen molar-refractivity contribution in [2.75, 3.05) is 14.1 Å². The quantitative estimate of drug-likeness (QED) is 0.576. The van der Waals surface area contributed by atoms with Crippen molar-refractivity contribution in [3.05, 3.63) is 35.9 Å². The van der Waals surface area contributed by atoms with E-state index in [4.69, 9.17) is 12.2 Å². The molecule has 2 N–H and O–H groups in total. The maximum Gasteiger partial charge on any atom is 0.183 e. The van der Waals surface area contributed by atoms with Gasteiger partial charge in [-0.1, -0.05) is 30.3 Å². The van der Waals surface area contributed by atoms with Gasteiger partial charge in [0, 0.05) is 14.1 Å². The predicted octanol–water partition coefficient (Wildman–Crippen LogP) is 1.13. The van der Waals surface area contributed by atoms with Gasteiger partial charge >= 0.3 is 0 Å². The number of hydrogen-bond acceptors (Lipinski definition) is 2. The van der Waals surface area contributed by atoms with E-state index in [1.54, 1.807) is 0 Å². The van der Waals surface area contributed by atoms with Gasteiger partial charge in [-0.2, -0.15) is 0 Å². The largest absolute Gasteiger partial charge is 0.365 e. The number of benzene rings is 1. The van der Waals surface area contributed by atoms with Crippen LogP contribution in [0, 0.1) is 0 Å². The van der Waals surface area contributed by atoms with E-state index in [0.29, 0.717) is 5.11 Å². The minimum absolute atomic E-state index is 0.691. The maximum absolute atomic E-state index is 5.13. The Morgan fingerprint density at radius 2 is 1.93 bits per heavy atom. The number of nitrogens with one attached hydrogen (secondary N) is 2. The normalized spacial score (nSPS) is 9.57. The van der Waals surface area contributed by atoms with E-state index >= 15 is 0 Å². The van der Waals surface area contributed by atoms with Gasteiger partial charge in [-0.05, 0) is 17.8 Å². The molecule has 0 spiro atoms. The third kappa shape index (κ3) is 2.97. The van der Waals surface area contributed by atoms with Gasteiger partial charge in [0.05, 0.1) is 6.54 Å². The number of rotatable bonds is 3. The van der Waals surface area contributed by atoms with Crippen LogP contribution >= 0.6 is 12.2 Å². The van der Waals surface area contributed by atoms with Crippen LogP contribution in [0.2, 0.25) is 0 Å². The summed E-state index contributed by atoms with van der Waals surface area (Å²) in [4.78, 5) is 0. The summed E-state index contributed by atoms with van der Waals surface area (Å²) in [6, 6.07) is 10.2. The minimum Gasteiger partial charge on any atom is -0.365 e. The standard InChI is InChI=1S/C10H15N3S/c1-11-10(14)13(12-2)8-9-6-4-3-5-7-9/h3-7,12H,8H2,1-2H3,(H,11,14). The second kappa shape index (κ2) is 5.57. The summed E-state index contributed by atoms with van der Waals surface area (Å²) in [5, 5.41) is 5.50. The Morgan fingerprint density at radius 3 is 2.43 bits per heavy atom. The highest BCUT2D eigenvalue weighted by atomic mass is 32.1. The highest BCUT2D eigenvalue weighted by Gasteiger charge is 2.05. The van der Waals surface area contributed by atoms with E-state index in [0.717, 1.165) is 6.54 Å². The van der Waals surface area contributed by atoms with Crippen molar-refractivity contribution >= 4 is 17.3 Å². The van der Waals surface area contributed by atoms with E-state index in [1.807, 2.05) is 37.3 Å².